The Morgan fingerprint density at radius 1 is 0.871 bits per heavy atom. The topological polar surface area (TPSA) is 34.4 Å². The lowest BCUT2D eigenvalue weighted by atomic mass is 10.1. The van der Waals surface area contributed by atoms with Crippen LogP contribution in [-0.2, 0) is 4.79 Å². The van der Waals surface area contributed by atoms with Crippen molar-refractivity contribution in [3.63, 3.8) is 0 Å². The first-order valence-electron chi connectivity index (χ1n) is 11.4. The number of hydrogen-bond acceptors (Lipinski definition) is 2. The molecule has 2 aromatic carbocycles. The molecule has 0 aliphatic rings. The molecule has 158 valence electrons. The fourth-order valence-corrected chi connectivity index (χ4v) is 3.97. The molecule has 0 saturated carbocycles. The first kappa shape index (κ1) is 22.4. The lowest BCUT2D eigenvalue weighted by molar-refractivity contribution is 0.537. The van der Waals surface area contributed by atoms with Gasteiger partial charge < -0.3 is 4.57 Å². The average molecular weight is 411 g/mol. The molecule has 0 aliphatic carbocycles. The predicted octanol–water partition coefficient (Wildman–Crippen LogP) is 6.82. The van der Waals surface area contributed by atoms with Crippen LogP contribution < -0.4 is 0 Å². The third-order valence-electron chi connectivity index (χ3n) is 5.54. The normalized spacial score (nSPS) is 11.3. The second-order valence-electron chi connectivity index (χ2n) is 7.77. The fourth-order valence-electron chi connectivity index (χ4n) is 3.97. The maximum absolute atomic E-state index is 10.2. The third kappa shape index (κ3) is 6.11. The number of isocyanates is 1. The summed E-state index contributed by atoms with van der Waals surface area (Å²) < 4.78 is 2.39. The summed E-state index contributed by atoms with van der Waals surface area (Å²) in [6.07, 6.45) is 9.96. The molecule has 3 rings (SSSR count). The number of nitrogens with zero attached hydrogens (tertiary/aromatic N) is 2. The molecule has 3 heteroatoms. The minimum atomic E-state index is 0.0817. The van der Waals surface area contributed by atoms with Crippen LogP contribution >= 0.6 is 0 Å². The molecule has 31 heavy (non-hydrogen) atoms. The van der Waals surface area contributed by atoms with E-state index in [1.54, 1.807) is 6.08 Å². The molecule has 0 N–H and O–H groups in total. The fraction of sp³-hybridized carbons (Fsp3) is 0.393. The van der Waals surface area contributed by atoms with E-state index in [-0.39, 0.29) is 6.04 Å². The lowest BCUT2D eigenvalue weighted by Gasteiger charge is -2.16. The average Bonchev–Trinajstić information content (AvgIpc) is 3.14. The Hall–Kier alpha value is -3.26. The molecular weight excluding hydrogens is 380 g/mol. The number of hydrogen-bond donors (Lipinski definition) is 0. The van der Waals surface area contributed by atoms with Gasteiger partial charge in [0.25, 0.3) is 0 Å². The Morgan fingerprint density at radius 2 is 1.55 bits per heavy atom. The second kappa shape index (κ2) is 12.4. The van der Waals surface area contributed by atoms with E-state index in [0.29, 0.717) is 6.54 Å². The number of carbonyl (C=O) groups excluding carboxylic acids is 1. The summed E-state index contributed by atoms with van der Waals surface area (Å²) in [4.78, 5) is 13.8. The molecule has 0 bridgehead atoms. The molecule has 1 aromatic heterocycles. The number of fused-ring (bicyclic) bond motifs is 3. The van der Waals surface area contributed by atoms with Gasteiger partial charge in [-0.3, -0.25) is 0 Å². The summed E-state index contributed by atoms with van der Waals surface area (Å²) in [5, 5.41) is 2.54. The highest BCUT2D eigenvalue weighted by molar-refractivity contribution is 6.08. The second-order valence-corrected chi connectivity index (χ2v) is 7.77. The molecule has 0 saturated heterocycles. The zero-order valence-electron chi connectivity index (χ0n) is 18.4. The van der Waals surface area contributed by atoms with Gasteiger partial charge in [-0.25, -0.2) is 9.79 Å². The van der Waals surface area contributed by atoms with E-state index in [1.807, 2.05) is 0 Å². The van der Waals surface area contributed by atoms with Gasteiger partial charge in [0, 0.05) is 17.2 Å². The number of aromatic nitrogens is 1. The van der Waals surface area contributed by atoms with E-state index >= 15 is 0 Å². The molecule has 0 spiro atoms. The van der Waals surface area contributed by atoms with Crippen LogP contribution in [0.4, 0.5) is 0 Å². The van der Waals surface area contributed by atoms with E-state index in [2.05, 4.69) is 88.7 Å². The van der Waals surface area contributed by atoms with Crippen LogP contribution in [0.15, 0.2) is 53.5 Å². The number of para-hydroxylation sites is 2. The van der Waals surface area contributed by atoms with Gasteiger partial charge in [0.2, 0.25) is 6.08 Å². The van der Waals surface area contributed by atoms with Gasteiger partial charge >= 0.3 is 0 Å². The minimum absolute atomic E-state index is 0.0817. The van der Waals surface area contributed by atoms with E-state index in [1.165, 1.54) is 21.8 Å². The van der Waals surface area contributed by atoms with Crippen molar-refractivity contribution in [2.75, 3.05) is 6.54 Å². The van der Waals surface area contributed by atoms with Gasteiger partial charge in [-0.15, -0.1) is 0 Å². The van der Waals surface area contributed by atoms with Crippen LogP contribution in [0, 0.1) is 23.7 Å². The van der Waals surface area contributed by atoms with E-state index in [0.717, 1.165) is 51.4 Å². The molecule has 1 heterocycles. The maximum atomic E-state index is 10.2. The summed E-state index contributed by atoms with van der Waals surface area (Å²) in [7, 11) is 0. The number of rotatable bonds is 10. The predicted molar refractivity (Wildman–Crippen MR) is 130 cm³/mol. The number of aliphatic imine (C=N–C) groups is 1. The van der Waals surface area contributed by atoms with Gasteiger partial charge in [0.15, 0.2) is 0 Å². The summed E-state index contributed by atoms with van der Waals surface area (Å²) >= 11 is 0. The van der Waals surface area contributed by atoms with Crippen molar-refractivity contribution in [3.8, 4) is 23.7 Å². The highest BCUT2D eigenvalue weighted by Gasteiger charge is 2.16. The summed E-state index contributed by atoms with van der Waals surface area (Å²) in [5.74, 6) is 12.8. The Kier molecular flexibility index (Phi) is 9.00. The van der Waals surface area contributed by atoms with Crippen molar-refractivity contribution in [1.29, 1.82) is 0 Å². The van der Waals surface area contributed by atoms with Gasteiger partial charge in [-0.1, -0.05) is 80.8 Å². The molecular formula is C28H30N2O. The van der Waals surface area contributed by atoms with Crippen LogP contribution in [0.5, 0.6) is 0 Å². The van der Waals surface area contributed by atoms with Crippen LogP contribution in [-0.4, -0.2) is 17.2 Å². The largest absolute Gasteiger partial charge is 0.326 e. The molecule has 0 radical (unpaired) electrons. The van der Waals surface area contributed by atoms with Crippen molar-refractivity contribution in [2.45, 2.75) is 64.3 Å². The SMILES string of the molecule is CCCCC#CC#CC(CCCCCCN=C=O)n1c2ccccc2c2ccccc21. The van der Waals surface area contributed by atoms with Gasteiger partial charge in [0.1, 0.15) is 0 Å². The van der Waals surface area contributed by atoms with Crippen LogP contribution in [0.2, 0.25) is 0 Å². The summed E-state index contributed by atoms with van der Waals surface area (Å²) in [5.41, 5.74) is 2.45. The third-order valence-corrected chi connectivity index (χ3v) is 5.54. The number of benzene rings is 2. The monoisotopic (exact) mass is 410 g/mol. The van der Waals surface area contributed by atoms with Crippen molar-refractivity contribution in [1.82, 2.24) is 4.57 Å². The van der Waals surface area contributed by atoms with Gasteiger partial charge in [0.05, 0.1) is 23.6 Å². The van der Waals surface area contributed by atoms with Crippen molar-refractivity contribution in [2.24, 2.45) is 4.99 Å². The molecule has 0 fully saturated rings. The van der Waals surface area contributed by atoms with Crippen LogP contribution in [0.3, 0.4) is 0 Å². The van der Waals surface area contributed by atoms with Crippen LogP contribution in [0.25, 0.3) is 21.8 Å². The quantitative estimate of drug-likeness (QED) is 0.156. The van der Waals surface area contributed by atoms with Gasteiger partial charge in [-0.2, -0.15) is 0 Å². The molecule has 3 nitrogen and oxygen atoms in total. The first-order valence-corrected chi connectivity index (χ1v) is 11.4. The standard InChI is InChI=1S/C28H30N2O/c1-2-3-4-5-6-9-16-24(17-10-7-8-15-22-29-23-31)30-27-20-13-11-18-25(27)26-19-12-14-21-28(26)30/h11-14,18-21,24H,2-4,7-8,10,15,17,22H2,1H3. The Labute approximate surface area is 185 Å². The molecule has 1 atom stereocenters. The highest BCUT2D eigenvalue weighted by atomic mass is 16.1. The summed E-state index contributed by atoms with van der Waals surface area (Å²) in [6, 6.07) is 17.2. The lowest BCUT2D eigenvalue weighted by Crippen LogP contribution is -2.07. The first-order chi connectivity index (χ1) is 15.4. The smallest absolute Gasteiger partial charge is 0.234 e. The van der Waals surface area contributed by atoms with E-state index < -0.39 is 0 Å². The van der Waals surface area contributed by atoms with E-state index in [4.69, 9.17) is 0 Å². The van der Waals surface area contributed by atoms with Gasteiger partial charge in [-0.05, 0) is 43.2 Å². The summed E-state index contributed by atoms with van der Waals surface area (Å²) in [6.45, 7) is 2.75. The van der Waals surface area contributed by atoms with Crippen LogP contribution in [0.1, 0.15) is 64.3 Å². The number of unbranched alkanes of at least 4 members (excludes halogenated alkanes) is 5. The molecule has 3 aromatic rings. The Balaban J connectivity index is 1.85. The van der Waals surface area contributed by atoms with Crippen molar-refractivity contribution < 1.29 is 4.79 Å². The zero-order valence-corrected chi connectivity index (χ0v) is 18.4. The molecule has 1 unspecified atom stereocenters. The Morgan fingerprint density at radius 3 is 2.23 bits per heavy atom. The maximum Gasteiger partial charge on any atom is 0.234 e. The zero-order chi connectivity index (χ0) is 21.7. The molecule has 0 amide bonds. The van der Waals surface area contributed by atoms with E-state index in [9.17, 15) is 4.79 Å². The van der Waals surface area contributed by atoms with Crippen molar-refractivity contribution in [3.05, 3.63) is 48.5 Å². The minimum Gasteiger partial charge on any atom is -0.326 e. The van der Waals surface area contributed by atoms with Crippen molar-refractivity contribution >= 4 is 27.9 Å². The molecule has 0 aliphatic heterocycles. The highest BCUT2D eigenvalue weighted by Crippen LogP contribution is 2.33. The Bertz CT molecular complexity index is 1110.